The zero-order valence-electron chi connectivity index (χ0n) is 12.5. The largest absolute Gasteiger partial charge is 0.380 e. The molecule has 0 aliphatic carbocycles. The lowest BCUT2D eigenvalue weighted by Crippen LogP contribution is -2.37. The standard InChI is InChI=1S/C14H28N4O/c1-4-7-18-12-16-11-14(18)13(10-15)17(5-2)8-9-19-6-3/h11-13H,4-10,15H2,1-3H3. The van der Waals surface area contributed by atoms with Crippen LogP contribution in [0.15, 0.2) is 12.5 Å². The maximum absolute atomic E-state index is 5.99. The van der Waals surface area contributed by atoms with Crippen molar-refractivity contribution in [3.05, 3.63) is 18.2 Å². The Hall–Kier alpha value is -0.910. The first-order valence-corrected chi connectivity index (χ1v) is 7.30. The normalized spacial score (nSPS) is 13.1. The number of ether oxygens (including phenoxy) is 1. The van der Waals surface area contributed by atoms with Gasteiger partial charge in [0, 0.05) is 32.4 Å². The Morgan fingerprint density at radius 3 is 2.79 bits per heavy atom. The summed E-state index contributed by atoms with van der Waals surface area (Å²) in [7, 11) is 0. The number of nitrogens with zero attached hydrogens (tertiary/aromatic N) is 3. The van der Waals surface area contributed by atoms with E-state index in [0.29, 0.717) is 6.54 Å². The van der Waals surface area contributed by atoms with Crippen molar-refractivity contribution in [1.29, 1.82) is 0 Å². The van der Waals surface area contributed by atoms with Gasteiger partial charge in [0.05, 0.1) is 24.7 Å². The number of aromatic nitrogens is 2. The SMILES string of the molecule is CCCn1cncc1C(CN)N(CC)CCOCC. The molecule has 1 heterocycles. The van der Waals surface area contributed by atoms with E-state index in [1.54, 1.807) is 0 Å². The van der Waals surface area contributed by atoms with Crippen molar-refractivity contribution in [3.8, 4) is 0 Å². The van der Waals surface area contributed by atoms with Gasteiger partial charge in [0.25, 0.3) is 0 Å². The smallest absolute Gasteiger partial charge is 0.0948 e. The fraction of sp³-hybridized carbons (Fsp3) is 0.786. The van der Waals surface area contributed by atoms with Crippen molar-refractivity contribution in [1.82, 2.24) is 14.5 Å². The molecule has 0 aromatic carbocycles. The minimum atomic E-state index is 0.222. The third kappa shape index (κ3) is 4.60. The van der Waals surface area contributed by atoms with Crippen LogP contribution in [0.5, 0.6) is 0 Å². The predicted molar refractivity (Wildman–Crippen MR) is 78.1 cm³/mol. The highest BCUT2D eigenvalue weighted by Gasteiger charge is 2.20. The summed E-state index contributed by atoms with van der Waals surface area (Å²) in [6.07, 6.45) is 4.94. The van der Waals surface area contributed by atoms with Crippen LogP contribution in [0, 0.1) is 0 Å². The average Bonchev–Trinajstić information content (AvgIpc) is 2.87. The molecule has 1 unspecified atom stereocenters. The Bertz CT molecular complexity index is 340. The molecule has 0 fully saturated rings. The molecule has 0 bridgehead atoms. The average molecular weight is 268 g/mol. The van der Waals surface area contributed by atoms with Gasteiger partial charge in [-0.1, -0.05) is 13.8 Å². The summed E-state index contributed by atoms with van der Waals surface area (Å²) in [6, 6.07) is 0.222. The van der Waals surface area contributed by atoms with E-state index >= 15 is 0 Å². The summed E-state index contributed by atoms with van der Waals surface area (Å²) in [5.74, 6) is 0. The number of aryl methyl sites for hydroxylation is 1. The van der Waals surface area contributed by atoms with E-state index in [2.05, 4.69) is 28.3 Å². The molecule has 110 valence electrons. The van der Waals surface area contributed by atoms with Crippen LogP contribution in [-0.4, -0.2) is 47.3 Å². The molecule has 0 saturated carbocycles. The molecule has 1 aromatic rings. The van der Waals surface area contributed by atoms with E-state index in [-0.39, 0.29) is 6.04 Å². The van der Waals surface area contributed by atoms with Crippen molar-refractivity contribution in [3.63, 3.8) is 0 Å². The zero-order chi connectivity index (χ0) is 14.1. The second-order valence-electron chi connectivity index (χ2n) is 4.59. The molecule has 0 radical (unpaired) electrons. The van der Waals surface area contributed by atoms with Crippen LogP contribution in [-0.2, 0) is 11.3 Å². The van der Waals surface area contributed by atoms with Gasteiger partial charge in [0.1, 0.15) is 0 Å². The van der Waals surface area contributed by atoms with E-state index < -0.39 is 0 Å². The third-order valence-electron chi connectivity index (χ3n) is 3.35. The van der Waals surface area contributed by atoms with Crippen molar-refractivity contribution in [2.45, 2.75) is 39.8 Å². The minimum Gasteiger partial charge on any atom is -0.380 e. The van der Waals surface area contributed by atoms with Gasteiger partial charge < -0.3 is 15.0 Å². The number of hydrogen-bond acceptors (Lipinski definition) is 4. The monoisotopic (exact) mass is 268 g/mol. The van der Waals surface area contributed by atoms with Crippen molar-refractivity contribution in [2.24, 2.45) is 5.73 Å². The Morgan fingerprint density at radius 2 is 2.21 bits per heavy atom. The molecular formula is C14H28N4O. The highest BCUT2D eigenvalue weighted by molar-refractivity contribution is 5.06. The Balaban J connectivity index is 2.75. The van der Waals surface area contributed by atoms with Gasteiger partial charge in [-0.05, 0) is 19.9 Å². The predicted octanol–water partition coefficient (Wildman–Crippen LogP) is 1.65. The van der Waals surface area contributed by atoms with Crippen molar-refractivity contribution >= 4 is 0 Å². The van der Waals surface area contributed by atoms with E-state index in [0.717, 1.165) is 39.3 Å². The van der Waals surface area contributed by atoms with E-state index in [1.807, 2.05) is 19.4 Å². The van der Waals surface area contributed by atoms with Gasteiger partial charge in [-0.2, -0.15) is 0 Å². The number of nitrogens with two attached hydrogens (primary N) is 1. The summed E-state index contributed by atoms with van der Waals surface area (Å²) in [4.78, 5) is 6.63. The molecule has 2 N–H and O–H groups in total. The lowest BCUT2D eigenvalue weighted by atomic mass is 10.1. The first-order valence-electron chi connectivity index (χ1n) is 7.30. The van der Waals surface area contributed by atoms with Gasteiger partial charge in [0.2, 0.25) is 0 Å². The summed E-state index contributed by atoms with van der Waals surface area (Å²) >= 11 is 0. The molecule has 0 amide bonds. The van der Waals surface area contributed by atoms with E-state index in [9.17, 15) is 0 Å². The van der Waals surface area contributed by atoms with Crippen LogP contribution in [0.3, 0.4) is 0 Å². The zero-order valence-corrected chi connectivity index (χ0v) is 12.5. The molecule has 0 aliphatic heterocycles. The van der Waals surface area contributed by atoms with Crippen LogP contribution < -0.4 is 5.73 Å². The molecule has 0 aliphatic rings. The summed E-state index contributed by atoms with van der Waals surface area (Å²) in [5, 5.41) is 0. The van der Waals surface area contributed by atoms with Gasteiger partial charge in [-0.3, -0.25) is 4.90 Å². The van der Waals surface area contributed by atoms with Gasteiger partial charge >= 0.3 is 0 Å². The lowest BCUT2D eigenvalue weighted by molar-refractivity contribution is 0.0962. The molecule has 0 spiro atoms. The molecule has 0 saturated heterocycles. The quantitative estimate of drug-likeness (QED) is 0.656. The number of likely N-dealkylation sites (N-methyl/N-ethyl adjacent to an activating group) is 1. The van der Waals surface area contributed by atoms with Crippen LogP contribution in [0.1, 0.15) is 38.9 Å². The van der Waals surface area contributed by atoms with E-state index in [4.69, 9.17) is 10.5 Å². The third-order valence-corrected chi connectivity index (χ3v) is 3.35. The molecular weight excluding hydrogens is 240 g/mol. The van der Waals surface area contributed by atoms with Crippen LogP contribution >= 0.6 is 0 Å². The first-order chi connectivity index (χ1) is 9.28. The minimum absolute atomic E-state index is 0.222. The lowest BCUT2D eigenvalue weighted by Gasteiger charge is -2.30. The maximum atomic E-state index is 5.99. The van der Waals surface area contributed by atoms with Gasteiger partial charge in [-0.15, -0.1) is 0 Å². The second kappa shape index (κ2) is 9.07. The molecule has 5 nitrogen and oxygen atoms in total. The maximum Gasteiger partial charge on any atom is 0.0948 e. The fourth-order valence-corrected chi connectivity index (χ4v) is 2.35. The van der Waals surface area contributed by atoms with Crippen LogP contribution in [0.2, 0.25) is 0 Å². The Kier molecular flexibility index (Phi) is 7.70. The fourth-order valence-electron chi connectivity index (χ4n) is 2.35. The number of imidazole rings is 1. The molecule has 1 atom stereocenters. The van der Waals surface area contributed by atoms with Gasteiger partial charge in [0.15, 0.2) is 0 Å². The topological polar surface area (TPSA) is 56.3 Å². The van der Waals surface area contributed by atoms with E-state index in [1.165, 1.54) is 5.69 Å². The summed E-state index contributed by atoms with van der Waals surface area (Å²) in [6.45, 7) is 11.3. The van der Waals surface area contributed by atoms with Crippen molar-refractivity contribution < 1.29 is 4.74 Å². The number of hydrogen-bond donors (Lipinski definition) is 1. The molecule has 5 heteroatoms. The summed E-state index contributed by atoms with van der Waals surface area (Å²) < 4.78 is 7.66. The molecule has 19 heavy (non-hydrogen) atoms. The molecule has 1 aromatic heterocycles. The second-order valence-corrected chi connectivity index (χ2v) is 4.59. The number of rotatable bonds is 10. The first kappa shape index (κ1) is 16.1. The highest BCUT2D eigenvalue weighted by Crippen LogP contribution is 2.19. The van der Waals surface area contributed by atoms with Crippen molar-refractivity contribution in [2.75, 3.05) is 32.8 Å². The molecule has 1 rings (SSSR count). The Morgan fingerprint density at radius 1 is 1.42 bits per heavy atom. The summed E-state index contributed by atoms with van der Waals surface area (Å²) in [5.41, 5.74) is 7.20. The highest BCUT2D eigenvalue weighted by atomic mass is 16.5. The van der Waals surface area contributed by atoms with Crippen LogP contribution in [0.25, 0.3) is 0 Å². The van der Waals surface area contributed by atoms with Crippen LogP contribution in [0.4, 0.5) is 0 Å². The van der Waals surface area contributed by atoms with Gasteiger partial charge in [-0.25, -0.2) is 4.98 Å². The Labute approximate surface area is 116 Å².